The molecule has 0 amide bonds. The minimum atomic E-state index is 0.533. The van der Waals surface area contributed by atoms with E-state index in [2.05, 4.69) is 16.7 Å². The highest BCUT2D eigenvalue weighted by Gasteiger charge is 2.07. The summed E-state index contributed by atoms with van der Waals surface area (Å²) >= 11 is 11.5. The van der Waals surface area contributed by atoms with Gasteiger partial charge in [-0.1, -0.05) is 35.9 Å². The van der Waals surface area contributed by atoms with Crippen LogP contribution in [0.4, 0.5) is 5.69 Å². The van der Waals surface area contributed by atoms with E-state index in [0.29, 0.717) is 23.3 Å². The SMILES string of the molecule is Cc1cc(C)c(NC(=S)NCCOc2ccccc2)c(Cl)c1. The third kappa shape index (κ3) is 4.90. The van der Waals surface area contributed by atoms with Gasteiger partial charge in [-0.2, -0.15) is 0 Å². The normalized spacial score (nSPS) is 10.1. The highest BCUT2D eigenvalue weighted by Crippen LogP contribution is 2.27. The van der Waals surface area contributed by atoms with Crippen LogP contribution in [0.2, 0.25) is 5.02 Å². The van der Waals surface area contributed by atoms with Crippen LogP contribution in [-0.2, 0) is 0 Å². The molecular formula is C17H19ClN2OS. The first kappa shape index (κ1) is 16.6. The maximum Gasteiger partial charge on any atom is 0.170 e. The molecule has 0 aromatic heterocycles. The lowest BCUT2D eigenvalue weighted by molar-refractivity contribution is 0.323. The van der Waals surface area contributed by atoms with Crippen molar-refractivity contribution in [3.8, 4) is 5.75 Å². The molecule has 0 radical (unpaired) electrons. The van der Waals surface area contributed by atoms with Crippen LogP contribution in [0.1, 0.15) is 11.1 Å². The molecule has 0 unspecified atom stereocenters. The van der Waals surface area contributed by atoms with Crippen LogP contribution >= 0.6 is 23.8 Å². The van der Waals surface area contributed by atoms with Crippen LogP contribution < -0.4 is 15.4 Å². The third-order valence-corrected chi connectivity index (χ3v) is 3.61. The highest BCUT2D eigenvalue weighted by atomic mass is 35.5. The standard InChI is InChI=1S/C17H19ClN2OS/c1-12-10-13(2)16(15(18)11-12)20-17(22)19-8-9-21-14-6-4-3-5-7-14/h3-7,10-11H,8-9H2,1-2H3,(H2,19,20,22). The fourth-order valence-corrected chi connectivity index (χ4v) is 2.65. The lowest BCUT2D eigenvalue weighted by Crippen LogP contribution is -2.32. The summed E-state index contributed by atoms with van der Waals surface area (Å²) in [6.45, 7) is 5.16. The zero-order valence-electron chi connectivity index (χ0n) is 12.7. The third-order valence-electron chi connectivity index (χ3n) is 3.07. The predicted molar refractivity (Wildman–Crippen MR) is 97.1 cm³/mol. The molecule has 0 atom stereocenters. The smallest absolute Gasteiger partial charge is 0.170 e. The molecule has 0 aliphatic rings. The average molecular weight is 335 g/mol. The van der Waals surface area contributed by atoms with Gasteiger partial charge < -0.3 is 15.4 Å². The van der Waals surface area contributed by atoms with E-state index in [1.54, 1.807) is 0 Å². The van der Waals surface area contributed by atoms with E-state index in [-0.39, 0.29) is 0 Å². The number of hydrogen-bond acceptors (Lipinski definition) is 2. The molecule has 22 heavy (non-hydrogen) atoms. The van der Waals surface area contributed by atoms with Gasteiger partial charge in [0.15, 0.2) is 5.11 Å². The number of rotatable bonds is 5. The van der Waals surface area contributed by atoms with E-state index in [1.807, 2.05) is 50.2 Å². The summed E-state index contributed by atoms with van der Waals surface area (Å²) in [7, 11) is 0. The van der Waals surface area contributed by atoms with Crippen molar-refractivity contribution >= 4 is 34.6 Å². The van der Waals surface area contributed by atoms with E-state index in [9.17, 15) is 0 Å². The van der Waals surface area contributed by atoms with Gasteiger partial charge in [0.2, 0.25) is 0 Å². The van der Waals surface area contributed by atoms with Gasteiger partial charge >= 0.3 is 0 Å². The van der Waals surface area contributed by atoms with Crippen molar-refractivity contribution in [2.75, 3.05) is 18.5 Å². The van der Waals surface area contributed by atoms with E-state index < -0.39 is 0 Å². The van der Waals surface area contributed by atoms with Gasteiger partial charge in [-0.3, -0.25) is 0 Å². The second-order valence-electron chi connectivity index (χ2n) is 4.98. The Hall–Kier alpha value is -1.78. The molecule has 2 rings (SSSR count). The Labute approximate surface area is 141 Å². The molecule has 0 aliphatic carbocycles. The molecule has 0 fully saturated rings. The van der Waals surface area contributed by atoms with Gasteiger partial charge in [0, 0.05) is 0 Å². The van der Waals surface area contributed by atoms with Crippen LogP contribution in [0.15, 0.2) is 42.5 Å². The molecule has 0 saturated carbocycles. The first-order valence-electron chi connectivity index (χ1n) is 7.05. The van der Waals surface area contributed by atoms with Gasteiger partial charge in [0.25, 0.3) is 0 Å². The van der Waals surface area contributed by atoms with E-state index in [0.717, 1.165) is 22.6 Å². The molecule has 116 valence electrons. The minimum Gasteiger partial charge on any atom is -0.492 e. The molecule has 0 bridgehead atoms. The fourth-order valence-electron chi connectivity index (χ4n) is 2.08. The highest BCUT2D eigenvalue weighted by molar-refractivity contribution is 7.80. The number of thiocarbonyl (C=S) groups is 1. The molecular weight excluding hydrogens is 316 g/mol. The second kappa shape index (κ2) is 8.01. The number of halogens is 1. The van der Waals surface area contributed by atoms with Gasteiger partial charge in [0.1, 0.15) is 12.4 Å². The molecule has 5 heteroatoms. The topological polar surface area (TPSA) is 33.3 Å². The minimum absolute atomic E-state index is 0.533. The summed E-state index contributed by atoms with van der Waals surface area (Å²) in [5, 5.41) is 7.45. The number of hydrogen-bond donors (Lipinski definition) is 2. The van der Waals surface area contributed by atoms with Crippen LogP contribution in [0, 0.1) is 13.8 Å². The number of aryl methyl sites for hydroxylation is 2. The Balaban J connectivity index is 1.79. The lowest BCUT2D eigenvalue weighted by Gasteiger charge is -2.15. The van der Waals surface area contributed by atoms with E-state index >= 15 is 0 Å². The Bertz CT molecular complexity index is 623. The van der Waals surface area contributed by atoms with Crippen molar-refractivity contribution in [2.24, 2.45) is 0 Å². The van der Waals surface area contributed by atoms with Crippen molar-refractivity contribution in [2.45, 2.75) is 13.8 Å². The average Bonchev–Trinajstić information content (AvgIpc) is 2.48. The Morgan fingerprint density at radius 1 is 1.18 bits per heavy atom. The summed E-state index contributed by atoms with van der Waals surface area (Å²) in [6, 6.07) is 13.7. The van der Waals surface area contributed by atoms with Gasteiger partial charge in [-0.05, 0) is 55.4 Å². The van der Waals surface area contributed by atoms with Crippen molar-refractivity contribution in [3.63, 3.8) is 0 Å². The fraction of sp³-hybridized carbons (Fsp3) is 0.235. The molecule has 2 N–H and O–H groups in total. The van der Waals surface area contributed by atoms with Crippen molar-refractivity contribution < 1.29 is 4.74 Å². The maximum atomic E-state index is 6.25. The number of nitrogens with one attached hydrogen (secondary N) is 2. The molecule has 3 nitrogen and oxygen atoms in total. The van der Waals surface area contributed by atoms with Crippen LogP contribution in [0.3, 0.4) is 0 Å². The van der Waals surface area contributed by atoms with Gasteiger partial charge in [-0.25, -0.2) is 0 Å². The Kier molecular flexibility index (Phi) is 6.04. The quantitative estimate of drug-likeness (QED) is 0.630. The summed E-state index contributed by atoms with van der Waals surface area (Å²) < 4.78 is 5.59. The molecule has 0 aliphatic heterocycles. The maximum absolute atomic E-state index is 6.25. The largest absolute Gasteiger partial charge is 0.492 e. The molecule has 2 aromatic rings. The molecule has 0 heterocycles. The second-order valence-corrected chi connectivity index (χ2v) is 5.80. The number of ether oxygens (including phenoxy) is 1. The molecule has 0 saturated heterocycles. The first-order chi connectivity index (χ1) is 10.6. The summed E-state index contributed by atoms with van der Waals surface area (Å²) in [5.74, 6) is 0.848. The first-order valence-corrected chi connectivity index (χ1v) is 7.84. The number of para-hydroxylation sites is 1. The van der Waals surface area contributed by atoms with E-state index in [4.69, 9.17) is 28.6 Å². The Morgan fingerprint density at radius 3 is 2.59 bits per heavy atom. The molecule has 0 spiro atoms. The van der Waals surface area contributed by atoms with Crippen LogP contribution in [0.25, 0.3) is 0 Å². The number of benzene rings is 2. The summed E-state index contributed by atoms with van der Waals surface area (Å²) in [4.78, 5) is 0. The zero-order valence-corrected chi connectivity index (χ0v) is 14.2. The van der Waals surface area contributed by atoms with Crippen LogP contribution in [-0.4, -0.2) is 18.3 Å². The number of anilines is 1. The van der Waals surface area contributed by atoms with Gasteiger partial charge in [-0.15, -0.1) is 0 Å². The molecule has 2 aromatic carbocycles. The van der Waals surface area contributed by atoms with E-state index in [1.165, 1.54) is 0 Å². The predicted octanol–water partition coefficient (Wildman–Crippen LogP) is 4.32. The Morgan fingerprint density at radius 2 is 1.91 bits per heavy atom. The monoisotopic (exact) mass is 334 g/mol. The lowest BCUT2D eigenvalue weighted by atomic mass is 10.1. The van der Waals surface area contributed by atoms with Crippen molar-refractivity contribution in [1.29, 1.82) is 0 Å². The summed E-state index contributed by atoms with van der Waals surface area (Å²) in [6.07, 6.45) is 0. The van der Waals surface area contributed by atoms with Gasteiger partial charge in [0.05, 0.1) is 17.3 Å². The zero-order chi connectivity index (χ0) is 15.9. The van der Waals surface area contributed by atoms with Crippen LogP contribution in [0.5, 0.6) is 5.75 Å². The summed E-state index contributed by atoms with van der Waals surface area (Å²) in [5.41, 5.74) is 3.03. The van der Waals surface area contributed by atoms with Crippen molar-refractivity contribution in [1.82, 2.24) is 5.32 Å². The van der Waals surface area contributed by atoms with Crippen molar-refractivity contribution in [3.05, 3.63) is 58.6 Å².